The average Bonchev–Trinajstić information content (AvgIpc) is 2.32. The molecule has 1 heterocycles. The molecule has 2 atom stereocenters. The Kier molecular flexibility index (Phi) is 3.72. The fraction of sp³-hybridized carbons (Fsp3) is 0.600. The molecule has 0 aliphatic carbocycles. The Morgan fingerprint density at radius 1 is 1.29 bits per heavy atom. The van der Waals surface area contributed by atoms with Crippen molar-refractivity contribution in [2.24, 2.45) is 11.8 Å². The molecule has 0 amide bonds. The zero-order valence-corrected chi connectivity index (χ0v) is 11.1. The van der Waals surface area contributed by atoms with E-state index < -0.39 is 0 Å². The molecular formula is C15H23NO. The minimum absolute atomic E-state index is 0.133. The van der Waals surface area contributed by atoms with E-state index in [-0.39, 0.29) is 6.61 Å². The second-order valence-corrected chi connectivity index (χ2v) is 5.47. The predicted molar refractivity (Wildman–Crippen MR) is 72.3 cm³/mol. The Bertz CT molecular complexity index is 389. The third-order valence-corrected chi connectivity index (χ3v) is 4.12. The molecule has 1 aliphatic rings. The van der Waals surface area contributed by atoms with E-state index in [0.29, 0.717) is 0 Å². The number of piperidine rings is 1. The maximum absolute atomic E-state index is 9.13. The molecular weight excluding hydrogens is 210 g/mol. The van der Waals surface area contributed by atoms with Gasteiger partial charge in [0.2, 0.25) is 0 Å². The van der Waals surface area contributed by atoms with E-state index in [4.69, 9.17) is 5.11 Å². The van der Waals surface area contributed by atoms with Crippen molar-refractivity contribution in [3.8, 4) is 0 Å². The van der Waals surface area contributed by atoms with Gasteiger partial charge in [-0.3, -0.25) is 0 Å². The van der Waals surface area contributed by atoms with E-state index in [9.17, 15) is 0 Å². The van der Waals surface area contributed by atoms with Crippen LogP contribution in [0.2, 0.25) is 0 Å². The largest absolute Gasteiger partial charge is 0.392 e. The molecule has 2 unspecified atom stereocenters. The molecule has 0 radical (unpaired) electrons. The first-order valence-corrected chi connectivity index (χ1v) is 6.57. The molecule has 0 spiro atoms. The van der Waals surface area contributed by atoms with Crippen molar-refractivity contribution < 1.29 is 5.11 Å². The van der Waals surface area contributed by atoms with E-state index in [2.05, 4.69) is 37.8 Å². The van der Waals surface area contributed by atoms with Crippen LogP contribution in [0.25, 0.3) is 0 Å². The number of hydrogen-bond donors (Lipinski definition) is 1. The van der Waals surface area contributed by atoms with Crippen molar-refractivity contribution in [1.82, 2.24) is 0 Å². The highest BCUT2D eigenvalue weighted by atomic mass is 16.3. The van der Waals surface area contributed by atoms with Crippen LogP contribution in [0.5, 0.6) is 0 Å². The van der Waals surface area contributed by atoms with Crippen LogP contribution in [0.4, 0.5) is 5.69 Å². The highest BCUT2D eigenvalue weighted by Crippen LogP contribution is 2.29. The van der Waals surface area contributed by atoms with Crippen LogP contribution >= 0.6 is 0 Å². The summed E-state index contributed by atoms with van der Waals surface area (Å²) in [6, 6.07) is 6.28. The SMILES string of the molecule is Cc1cc(CO)ccc1N1CCC(C)C(C)C1. The Hall–Kier alpha value is -1.02. The van der Waals surface area contributed by atoms with Crippen molar-refractivity contribution in [3.05, 3.63) is 29.3 Å². The number of hydrogen-bond acceptors (Lipinski definition) is 2. The lowest BCUT2D eigenvalue weighted by atomic mass is 9.88. The number of anilines is 1. The second-order valence-electron chi connectivity index (χ2n) is 5.47. The summed E-state index contributed by atoms with van der Waals surface area (Å²) in [7, 11) is 0. The van der Waals surface area contributed by atoms with E-state index in [1.165, 1.54) is 17.7 Å². The van der Waals surface area contributed by atoms with Gasteiger partial charge in [0, 0.05) is 18.8 Å². The smallest absolute Gasteiger partial charge is 0.0681 e. The number of nitrogens with zero attached hydrogens (tertiary/aromatic N) is 1. The van der Waals surface area contributed by atoms with Gasteiger partial charge in [-0.1, -0.05) is 26.0 Å². The molecule has 1 N–H and O–H groups in total. The summed E-state index contributed by atoms with van der Waals surface area (Å²) >= 11 is 0. The summed E-state index contributed by atoms with van der Waals surface area (Å²) in [5.41, 5.74) is 3.61. The Morgan fingerprint density at radius 3 is 2.65 bits per heavy atom. The zero-order valence-electron chi connectivity index (χ0n) is 11.1. The van der Waals surface area contributed by atoms with Crippen LogP contribution in [0, 0.1) is 18.8 Å². The van der Waals surface area contributed by atoms with E-state index in [1.54, 1.807) is 0 Å². The summed E-state index contributed by atoms with van der Waals surface area (Å²) in [4.78, 5) is 2.49. The highest BCUT2D eigenvalue weighted by molar-refractivity contribution is 5.54. The Morgan fingerprint density at radius 2 is 2.06 bits per heavy atom. The number of aliphatic hydroxyl groups excluding tert-OH is 1. The van der Waals surface area contributed by atoms with Crippen LogP contribution in [0.15, 0.2) is 18.2 Å². The highest BCUT2D eigenvalue weighted by Gasteiger charge is 2.23. The average molecular weight is 233 g/mol. The number of benzene rings is 1. The monoisotopic (exact) mass is 233 g/mol. The number of aliphatic hydroxyl groups is 1. The maximum Gasteiger partial charge on any atom is 0.0681 e. The molecule has 94 valence electrons. The molecule has 1 aromatic carbocycles. The molecule has 2 heteroatoms. The second kappa shape index (κ2) is 5.09. The van der Waals surface area contributed by atoms with Gasteiger partial charge in [0.05, 0.1) is 6.61 Å². The fourth-order valence-corrected chi connectivity index (χ4v) is 2.65. The van der Waals surface area contributed by atoms with Gasteiger partial charge in [-0.15, -0.1) is 0 Å². The first kappa shape index (κ1) is 12.4. The fourth-order valence-electron chi connectivity index (χ4n) is 2.65. The van der Waals surface area contributed by atoms with Gasteiger partial charge in [0.15, 0.2) is 0 Å². The topological polar surface area (TPSA) is 23.5 Å². The summed E-state index contributed by atoms with van der Waals surface area (Å²) in [6.45, 7) is 9.27. The van der Waals surface area contributed by atoms with Crippen molar-refractivity contribution in [1.29, 1.82) is 0 Å². The predicted octanol–water partition coefficient (Wildman–Crippen LogP) is 2.97. The quantitative estimate of drug-likeness (QED) is 0.849. The summed E-state index contributed by atoms with van der Waals surface area (Å²) in [5, 5.41) is 9.13. The van der Waals surface area contributed by atoms with Gasteiger partial charge in [0.25, 0.3) is 0 Å². The van der Waals surface area contributed by atoms with Crippen molar-refractivity contribution >= 4 is 5.69 Å². The molecule has 1 aromatic rings. The van der Waals surface area contributed by atoms with E-state index in [1.807, 2.05) is 6.07 Å². The standard InChI is InChI=1S/C15H23NO/c1-11-6-7-16(9-13(11)3)15-5-4-14(10-17)8-12(15)2/h4-5,8,11,13,17H,6-7,9-10H2,1-3H3. The third kappa shape index (κ3) is 2.63. The molecule has 2 rings (SSSR count). The van der Waals surface area contributed by atoms with E-state index in [0.717, 1.165) is 30.5 Å². The zero-order chi connectivity index (χ0) is 12.4. The van der Waals surface area contributed by atoms with Crippen molar-refractivity contribution in [2.45, 2.75) is 33.8 Å². The van der Waals surface area contributed by atoms with Gasteiger partial charge < -0.3 is 10.0 Å². The van der Waals surface area contributed by atoms with Gasteiger partial charge in [-0.2, -0.15) is 0 Å². The van der Waals surface area contributed by atoms with Gasteiger partial charge >= 0.3 is 0 Å². The lowest BCUT2D eigenvalue weighted by Crippen LogP contribution is -2.38. The lowest BCUT2D eigenvalue weighted by Gasteiger charge is -2.37. The molecule has 1 saturated heterocycles. The molecule has 0 saturated carbocycles. The van der Waals surface area contributed by atoms with Crippen molar-refractivity contribution in [3.63, 3.8) is 0 Å². The lowest BCUT2D eigenvalue weighted by molar-refractivity contribution is 0.281. The maximum atomic E-state index is 9.13. The van der Waals surface area contributed by atoms with Gasteiger partial charge in [0.1, 0.15) is 0 Å². The molecule has 1 aliphatic heterocycles. The normalized spacial score (nSPS) is 25.1. The molecule has 0 aromatic heterocycles. The molecule has 0 bridgehead atoms. The third-order valence-electron chi connectivity index (χ3n) is 4.12. The van der Waals surface area contributed by atoms with Gasteiger partial charge in [-0.05, 0) is 42.4 Å². The number of aryl methyl sites for hydroxylation is 1. The summed E-state index contributed by atoms with van der Waals surface area (Å²) < 4.78 is 0. The van der Waals surface area contributed by atoms with Crippen LogP contribution in [0.1, 0.15) is 31.4 Å². The number of rotatable bonds is 2. The Labute approximate surface area is 104 Å². The van der Waals surface area contributed by atoms with Gasteiger partial charge in [-0.25, -0.2) is 0 Å². The Balaban J connectivity index is 2.17. The van der Waals surface area contributed by atoms with Crippen LogP contribution in [-0.2, 0) is 6.61 Å². The van der Waals surface area contributed by atoms with Crippen LogP contribution in [-0.4, -0.2) is 18.2 Å². The molecule has 17 heavy (non-hydrogen) atoms. The minimum atomic E-state index is 0.133. The molecule has 2 nitrogen and oxygen atoms in total. The van der Waals surface area contributed by atoms with E-state index >= 15 is 0 Å². The van der Waals surface area contributed by atoms with Crippen LogP contribution in [0.3, 0.4) is 0 Å². The van der Waals surface area contributed by atoms with Crippen LogP contribution < -0.4 is 4.90 Å². The molecule has 1 fully saturated rings. The summed E-state index contributed by atoms with van der Waals surface area (Å²) in [5.74, 6) is 1.60. The first-order chi connectivity index (χ1) is 8.11. The summed E-state index contributed by atoms with van der Waals surface area (Å²) in [6.07, 6.45) is 1.28. The van der Waals surface area contributed by atoms with Crippen molar-refractivity contribution in [2.75, 3.05) is 18.0 Å². The first-order valence-electron chi connectivity index (χ1n) is 6.57. The minimum Gasteiger partial charge on any atom is -0.392 e.